The van der Waals surface area contributed by atoms with Crippen LogP contribution >= 0.6 is 15.9 Å². The van der Waals surface area contributed by atoms with E-state index in [4.69, 9.17) is 4.74 Å². The van der Waals surface area contributed by atoms with Gasteiger partial charge in [-0.05, 0) is 54.7 Å². The smallest absolute Gasteiger partial charge is 0.255 e. The maximum Gasteiger partial charge on any atom is 0.255 e. The molecule has 0 radical (unpaired) electrons. The van der Waals surface area contributed by atoms with E-state index in [0.29, 0.717) is 23.4 Å². The van der Waals surface area contributed by atoms with Crippen molar-refractivity contribution >= 4 is 33.5 Å². The lowest BCUT2D eigenvalue weighted by molar-refractivity contribution is 0.0924. The lowest BCUT2D eigenvalue weighted by Crippen LogP contribution is -2.47. The average Bonchev–Trinajstić information content (AvgIpc) is 3.32. The van der Waals surface area contributed by atoms with Crippen LogP contribution in [0.2, 0.25) is 0 Å². The zero-order chi connectivity index (χ0) is 19.4. The molecule has 8 heteroatoms. The molecule has 4 N–H and O–H groups in total. The monoisotopic (exact) mass is 437 g/mol. The lowest BCUT2D eigenvalue weighted by Gasteiger charge is -2.24. The molecule has 1 amide bonds. The summed E-state index contributed by atoms with van der Waals surface area (Å²) in [6, 6.07) is 4.38. The van der Waals surface area contributed by atoms with E-state index in [1.54, 1.807) is 13.2 Å². The maximum absolute atomic E-state index is 12.9. The van der Waals surface area contributed by atoms with Crippen LogP contribution in [0.25, 0.3) is 0 Å². The maximum atomic E-state index is 12.9. The third-order valence-electron chi connectivity index (χ3n) is 5.03. The first-order valence-corrected chi connectivity index (χ1v) is 10.3. The molecule has 1 fully saturated rings. The fraction of sp³-hybridized carbons (Fsp3) is 0.579. The highest BCUT2D eigenvalue weighted by Gasteiger charge is 2.26. The predicted octanol–water partition coefficient (Wildman–Crippen LogP) is 2.48. The van der Waals surface area contributed by atoms with E-state index in [1.807, 2.05) is 6.07 Å². The van der Waals surface area contributed by atoms with Gasteiger partial charge in [-0.2, -0.15) is 0 Å². The molecule has 1 saturated heterocycles. The first-order valence-electron chi connectivity index (χ1n) is 9.51. The molecule has 148 valence electrons. The molecule has 3 unspecified atom stereocenters. The second kappa shape index (κ2) is 8.93. The average molecular weight is 438 g/mol. The van der Waals surface area contributed by atoms with Crippen LogP contribution in [0, 0.1) is 0 Å². The Morgan fingerprint density at radius 2 is 2.30 bits per heavy atom. The van der Waals surface area contributed by atoms with E-state index in [1.165, 1.54) is 0 Å². The first kappa shape index (κ1) is 19.9. The van der Waals surface area contributed by atoms with Crippen molar-refractivity contribution < 1.29 is 9.53 Å². The van der Waals surface area contributed by atoms with Crippen LogP contribution in [-0.2, 0) is 0 Å². The van der Waals surface area contributed by atoms with Gasteiger partial charge in [0.15, 0.2) is 5.96 Å². The van der Waals surface area contributed by atoms with Crippen molar-refractivity contribution in [2.75, 3.05) is 25.5 Å². The summed E-state index contributed by atoms with van der Waals surface area (Å²) in [4.78, 5) is 17.3. The van der Waals surface area contributed by atoms with Crippen LogP contribution in [-0.4, -0.2) is 50.2 Å². The molecular weight excluding hydrogens is 410 g/mol. The van der Waals surface area contributed by atoms with Crippen molar-refractivity contribution in [1.82, 2.24) is 16.0 Å². The van der Waals surface area contributed by atoms with Gasteiger partial charge in [0.2, 0.25) is 0 Å². The highest BCUT2D eigenvalue weighted by atomic mass is 79.9. The number of amides is 1. The fourth-order valence-corrected chi connectivity index (χ4v) is 3.98. The lowest BCUT2D eigenvalue weighted by atomic mass is 10.0. The van der Waals surface area contributed by atoms with Crippen molar-refractivity contribution in [3.63, 3.8) is 0 Å². The number of ether oxygens (including phenoxy) is 1. The number of anilines is 1. The van der Waals surface area contributed by atoms with Crippen molar-refractivity contribution in [3.8, 4) is 5.75 Å². The number of guanidine groups is 1. The summed E-state index contributed by atoms with van der Waals surface area (Å²) in [6.45, 7) is 5.93. The van der Waals surface area contributed by atoms with Gasteiger partial charge >= 0.3 is 0 Å². The summed E-state index contributed by atoms with van der Waals surface area (Å²) in [6.07, 6.45) is 3.13. The van der Waals surface area contributed by atoms with E-state index in [0.717, 1.165) is 48.5 Å². The number of carbonyl (C=O) groups excluding carboxylic acids is 1. The topological polar surface area (TPSA) is 86.8 Å². The SMILES string of the molecule is CCC(NC(=O)c1cc(Br)c(NC2=NCC(C)N2)cc1OC)C1CCCN1. The van der Waals surface area contributed by atoms with Crippen molar-refractivity contribution in [3.05, 3.63) is 22.2 Å². The second-order valence-electron chi connectivity index (χ2n) is 7.08. The number of carbonyl (C=O) groups is 1. The Balaban J connectivity index is 1.76. The Kier molecular flexibility index (Phi) is 6.59. The molecule has 1 aromatic rings. The molecule has 2 heterocycles. The molecule has 0 aromatic heterocycles. The predicted molar refractivity (Wildman–Crippen MR) is 112 cm³/mol. The Morgan fingerprint density at radius 1 is 1.48 bits per heavy atom. The standard InChI is InChI=1S/C19H28BrN5O2/c1-4-14(15-6-5-7-21-15)24-18(26)12-8-13(20)16(9-17(12)27-3)25-19-22-10-11(2)23-19/h8-9,11,14-15,21H,4-7,10H2,1-3H3,(H,24,26)(H2,22,23,25). The number of rotatable bonds is 6. The molecule has 0 aliphatic carbocycles. The molecule has 0 spiro atoms. The van der Waals surface area contributed by atoms with Crippen LogP contribution in [0.3, 0.4) is 0 Å². The van der Waals surface area contributed by atoms with Gasteiger partial charge in [0, 0.05) is 28.7 Å². The summed E-state index contributed by atoms with van der Waals surface area (Å²) >= 11 is 3.56. The Hall–Kier alpha value is -1.80. The van der Waals surface area contributed by atoms with E-state index >= 15 is 0 Å². The number of nitrogens with one attached hydrogen (secondary N) is 4. The number of methoxy groups -OCH3 is 1. The number of hydrogen-bond acceptors (Lipinski definition) is 6. The molecular formula is C19H28BrN5O2. The Morgan fingerprint density at radius 3 is 2.89 bits per heavy atom. The third kappa shape index (κ3) is 4.73. The molecule has 2 aliphatic heterocycles. The summed E-state index contributed by atoms with van der Waals surface area (Å²) in [5.41, 5.74) is 1.31. The van der Waals surface area contributed by atoms with Crippen molar-refractivity contribution in [1.29, 1.82) is 0 Å². The first-order chi connectivity index (χ1) is 13.0. The summed E-state index contributed by atoms with van der Waals surface area (Å²) < 4.78 is 6.27. The number of halogens is 1. The molecule has 2 aliphatic rings. The molecule has 3 atom stereocenters. The highest BCUT2D eigenvalue weighted by Crippen LogP contribution is 2.31. The molecule has 7 nitrogen and oxygen atoms in total. The summed E-state index contributed by atoms with van der Waals surface area (Å²) in [5.74, 6) is 1.13. The fourth-order valence-electron chi connectivity index (χ4n) is 3.54. The van der Waals surface area contributed by atoms with Gasteiger partial charge in [-0.15, -0.1) is 0 Å². The van der Waals surface area contributed by atoms with Crippen LogP contribution in [0.15, 0.2) is 21.6 Å². The second-order valence-corrected chi connectivity index (χ2v) is 7.94. The number of benzene rings is 1. The van der Waals surface area contributed by atoms with Gasteiger partial charge < -0.3 is 26.0 Å². The molecule has 1 aromatic carbocycles. The largest absolute Gasteiger partial charge is 0.496 e. The number of nitrogens with zero attached hydrogens (tertiary/aromatic N) is 1. The minimum absolute atomic E-state index is 0.111. The third-order valence-corrected chi connectivity index (χ3v) is 5.69. The Bertz CT molecular complexity index is 718. The normalized spacial score (nSPS) is 22.7. The highest BCUT2D eigenvalue weighted by molar-refractivity contribution is 9.10. The number of hydrogen-bond donors (Lipinski definition) is 4. The van der Waals surface area contributed by atoms with E-state index < -0.39 is 0 Å². The molecule has 3 rings (SSSR count). The van der Waals surface area contributed by atoms with Crippen LogP contribution in [0.4, 0.5) is 5.69 Å². The van der Waals surface area contributed by atoms with Gasteiger partial charge in [0.05, 0.1) is 24.9 Å². The molecule has 0 saturated carbocycles. The van der Waals surface area contributed by atoms with Gasteiger partial charge in [-0.25, -0.2) is 0 Å². The van der Waals surface area contributed by atoms with E-state index in [9.17, 15) is 4.79 Å². The Labute approximate surface area is 168 Å². The van der Waals surface area contributed by atoms with Gasteiger partial charge in [-0.1, -0.05) is 6.92 Å². The van der Waals surface area contributed by atoms with E-state index in [2.05, 4.69) is 56.0 Å². The van der Waals surface area contributed by atoms with Crippen LogP contribution in [0.1, 0.15) is 43.5 Å². The van der Waals surface area contributed by atoms with Crippen molar-refractivity contribution in [2.24, 2.45) is 4.99 Å². The van der Waals surface area contributed by atoms with Gasteiger partial charge in [0.25, 0.3) is 5.91 Å². The molecule has 27 heavy (non-hydrogen) atoms. The van der Waals surface area contributed by atoms with Gasteiger partial charge in [-0.3, -0.25) is 9.79 Å². The van der Waals surface area contributed by atoms with Crippen LogP contribution in [0.5, 0.6) is 5.75 Å². The van der Waals surface area contributed by atoms with E-state index in [-0.39, 0.29) is 11.9 Å². The summed E-state index contributed by atoms with van der Waals surface area (Å²) in [7, 11) is 1.58. The van der Waals surface area contributed by atoms with Crippen LogP contribution < -0.4 is 26.0 Å². The minimum Gasteiger partial charge on any atom is -0.496 e. The minimum atomic E-state index is -0.121. The summed E-state index contributed by atoms with van der Waals surface area (Å²) in [5, 5.41) is 13.1. The number of aliphatic imine (C=N–C) groups is 1. The van der Waals surface area contributed by atoms with Crippen molar-refractivity contribution in [2.45, 2.75) is 51.2 Å². The molecule has 0 bridgehead atoms. The van der Waals surface area contributed by atoms with Gasteiger partial charge in [0.1, 0.15) is 5.75 Å². The zero-order valence-electron chi connectivity index (χ0n) is 16.1. The zero-order valence-corrected chi connectivity index (χ0v) is 17.6. The quantitative estimate of drug-likeness (QED) is 0.549.